The van der Waals surface area contributed by atoms with Crippen LogP contribution in [-0.4, -0.2) is 17.2 Å². The minimum Gasteiger partial charge on any atom is -0.486 e. The Bertz CT molecular complexity index is 576. The fourth-order valence-electron chi connectivity index (χ4n) is 1.56. The van der Waals surface area contributed by atoms with Crippen molar-refractivity contribution in [3.8, 4) is 5.75 Å². The van der Waals surface area contributed by atoms with Gasteiger partial charge in [0.05, 0.1) is 0 Å². The van der Waals surface area contributed by atoms with Crippen LogP contribution in [0.15, 0.2) is 42.5 Å². The van der Waals surface area contributed by atoms with Crippen molar-refractivity contribution < 1.29 is 23.6 Å². The minimum absolute atomic E-state index is 0.102. The van der Waals surface area contributed by atoms with Crippen molar-refractivity contribution in [2.75, 3.05) is 0 Å². The molecule has 6 heteroatoms. The average molecular weight is 264 g/mol. The maximum atomic E-state index is 13.5. The number of halogens is 2. The molecule has 0 aromatic heterocycles. The van der Waals surface area contributed by atoms with Crippen LogP contribution in [0, 0.1) is 11.6 Å². The summed E-state index contributed by atoms with van der Waals surface area (Å²) >= 11 is 0. The highest BCUT2D eigenvalue weighted by molar-refractivity contribution is 6.58. The van der Waals surface area contributed by atoms with Gasteiger partial charge >= 0.3 is 7.12 Å². The third-order valence-electron chi connectivity index (χ3n) is 2.59. The van der Waals surface area contributed by atoms with Gasteiger partial charge in [0, 0.05) is 5.56 Å². The van der Waals surface area contributed by atoms with Crippen LogP contribution in [0.5, 0.6) is 5.75 Å². The van der Waals surface area contributed by atoms with Crippen LogP contribution < -0.4 is 10.2 Å². The summed E-state index contributed by atoms with van der Waals surface area (Å²) in [5, 5.41) is 18.0. The van der Waals surface area contributed by atoms with E-state index in [1.54, 1.807) is 12.1 Å². The van der Waals surface area contributed by atoms with Crippen molar-refractivity contribution in [2.24, 2.45) is 0 Å². The largest absolute Gasteiger partial charge is 0.488 e. The molecule has 0 unspecified atom stereocenters. The van der Waals surface area contributed by atoms with Crippen molar-refractivity contribution >= 4 is 12.6 Å². The second-order valence-electron chi connectivity index (χ2n) is 3.94. The predicted molar refractivity (Wildman–Crippen MR) is 67.0 cm³/mol. The van der Waals surface area contributed by atoms with Crippen LogP contribution in [0.3, 0.4) is 0 Å². The highest BCUT2D eigenvalue weighted by Gasteiger charge is 2.14. The molecule has 19 heavy (non-hydrogen) atoms. The number of hydrogen-bond acceptors (Lipinski definition) is 3. The Labute approximate surface area is 109 Å². The van der Waals surface area contributed by atoms with E-state index in [9.17, 15) is 8.78 Å². The van der Waals surface area contributed by atoms with E-state index in [4.69, 9.17) is 14.8 Å². The van der Waals surface area contributed by atoms with E-state index >= 15 is 0 Å². The molecule has 0 amide bonds. The Morgan fingerprint density at radius 3 is 2.42 bits per heavy atom. The summed E-state index contributed by atoms with van der Waals surface area (Å²) in [6, 6.07) is 9.46. The van der Waals surface area contributed by atoms with Crippen molar-refractivity contribution in [2.45, 2.75) is 6.61 Å². The number of ether oxygens (including phenoxy) is 1. The first-order valence-corrected chi connectivity index (χ1v) is 5.59. The third kappa shape index (κ3) is 3.30. The Morgan fingerprint density at radius 1 is 1.00 bits per heavy atom. The second kappa shape index (κ2) is 5.82. The molecule has 2 rings (SSSR count). The molecule has 0 fully saturated rings. The van der Waals surface area contributed by atoms with Gasteiger partial charge in [-0.3, -0.25) is 0 Å². The molecule has 2 N–H and O–H groups in total. The quantitative estimate of drug-likeness (QED) is 0.816. The normalized spacial score (nSPS) is 10.3. The SMILES string of the molecule is OB(O)c1ccc(F)c(OCc2ccccc2F)c1. The summed E-state index contributed by atoms with van der Waals surface area (Å²) < 4.78 is 32.0. The van der Waals surface area contributed by atoms with E-state index in [-0.39, 0.29) is 23.4 Å². The number of rotatable bonds is 4. The van der Waals surface area contributed by atoms with E-state index < -0.39 is 18.8 Å². The van der Waals surface area contributed by atoms with Gasteiger partial charge in [-0.15, -0.1) is 0 Å². The molecule has 0 aliphatic rings. The van der Waals surface area contributed by atoms with E-state index in [0.29, 0.717) is 0 Å². The zero-order valence-electron chi connectivity index (χ0n) is 9.88. The van der Waals surface area contributed by atoms with Gasteiger partial charge in [0.1, 0.15) is 12.4 Å². The lowest BCUT2D eigenvalue weighted by molar-refractivity contribution is 0.285. The van der Waals surface area contributed by atoms with E-state index in [2.05, 4.69) is 0 Å². The fourth-order valence-corrected chi connectivity index (χ4v) is 1.56. The molecular formula is C13H11BF2O3. The fraction of sp³-hybridized carbons (Fsp3) is 0.0769. The van der Waals surface area contributed by atoms with Gasteiger partial charge in [-0.05, 0) is 23.7 Å². The Kier molecular flexibility index (Phi) is 4.14. The van der Waals surface area contributed by atoms with Gasteiger partial charge in [-0.25, -0.2) is 8.78 Å². The molecule has 0 saturated carbocycles. The molecule has 3 nitrogen and oxygen atoms in total. The Hall–Kier alpha value is -1.92. The zero-order valence-corrected chi connectivity index (χ0v) is 9.88. The lowest BCUT2D eigenvalue weighted by Gasteiger charge is -2.09. The van der Waals surface area contributed by atoms with Gasteiger partial charge in [-0.1, -0.05) is 24.3 Å². The molecule has 0 aliphatic heterocycles. The van der Waals surface area contributed by atoms with Crippen LogP contribution in [-0.2, 0) is 6.61 Å². The zero-order chi connectivity index (χ0) is 13.8. The molecule has 0 spiro atoms. The predicted octanol–water partition coefficient (Wildman–Crippen LogP) is 1.22. The first-order chi connectivity index (χ1) is 9.08. The van der Waals surface area contributed by atoms with Gasteiger partial charge in [0.15, 0.2) is 11.6 Å². The monoisotopic (exact) mass is 264 g/mol. The first kappa shape index (κ1) is 13.5. The van der Waals surface area contributed by atoms with Crippen molar-refractivity contribution in [3.05, 3.63) is 59.7 Å². The third-order valence-corrected chi connectivity index (χ3v) is 2.59. The van der Waals surface area contributed by atoms with Crippen LogP contribution in [0.4, 0.5) is 8.78 Å². The molecule has 98 valence electrons. The van der Waals surface area contributed by atoms with Crippen LogP contribution in [0.1, 0.15) is 5.56 Å². The molecule has 0 aliphatic carbocycles. The van der Waals surface area contributed by atoms with E-state index in [1.165, 1.54) is 24.3 Å². The second-order valence-corrected chi connectivity index (χ2v) is 3.94. The highest BCUT2D eigenvalue weighted by Crippen LogP contribution is 2.17. The molecule has 0 radical (unpaired) electrons. The lowest BCUT2D eigenvalue weighted by atomic mass is 9.80. The smallest absolute Gasteiger partial charge is 0.486 e. The maximum absolute atomic E-state index is 13.5. The summed E-state index contributed by atoms with van der Waals surface area (Å²) in [6.07, 6.45) is 0. The molecular weight excluding hydrogens is 253 g/mol. The Morgan fingerprint density at radius 2 is 1.74 bits per heavy atom. The highest BCUT2D eigenvalue weighted by atomic mass is 19.1. The van der Waals surface area contributed by atoms with Crippen LogP contribution in [0.2, 0.25) is 0 Å². The standard InChI is InChI=1S/C13H11BF2O3/c15-11-4-2-1-3-9(11)8-19-13-7-10(14(17)18)5-6-12(13)16/h1-7,17-18H,8H2. The molecule has 0 bridgehead atoms. The summed E-state index contributed by atoms with van der Waals surface area (Å²) in [6.45, 7) is -0.144. The molecule has 2 aromatic carbocycles. The summed E-state index contributed by atoms with van der Waals surface area (Å²) in [4.78, 5) is 0. The molecule has 0 saturated heterocycles. The lowest BCUT2D eigenvalue weighted by Crippen LogP contribution is -2.29. The van der Waals surface area contributed by atoms with Gasteiger partial charge in [-0.2, -0.15) is 0 Å². The first-order valence-electron chi connectivity index (χ1n) is 5.59. The van der Waals surface area contributed by atoms with Gasteiger partial charge in [0.25, 0.3) is 0 Å². The van der Waals surface area contributed by atoms with Crippen molar-refractivity contribution in [1.29, 1.82) is 0 Å². The van der Waals surface area contributed by atoms with Crippen LogP contribution in [0.25, 0.3) is 0 Å². The number of benzene rings is 2. The van der Waals surface area contributed by atoms with Crippen molar-refractivity contribution in [1.82, 2.24) is 0 Å². The average Bonchev–Trinajstić information content (AvgIpc) is 2.39. The Balaban J connectivity index is 2.15. The maximum Gasteiger partial charge on any atom is 0.488 e. The van der Waals surface area contributed by atoms with E-state index in [1.807, 2.05) is 0 Å². The van der Waals surface area contributed by atoms with Gasteiger partial charge < -0.3 is 14.8 Å². The molecule has 0 atom stereocenters. The minimum atomic E-state index is -1.71. The van der Waals surface area contributed by atoms with E-state index in [0.717, 1.165) is 6.07 Å². The van der Waals surface area contributed by atoms with Crippen molar-refractivity contribution in [3.63, 3.8) is 0 Å². The number of hydrogen-bond donors (Lipinski definition) is 2. The topological polar surface area (TPSA) is 49.7 Å². The molecule has 0 heterocycles. The van der Waals surface area contributed by atoms with Gasteiger partial charge in [0.2, 0.25) is 0 Å². The summed E-state index contributed by atoms with van der Waals surface area (Å²) in [5.41, 5.74) is 0.391. The summed E-state index contributed by atoms with van der Waals surface area (Å²) in [5.74, 6) is -1.25. The van der Waals surface area contributed by atoms with Crippen LogP contribution >= 0.6 is 0 Å². The summed E-state index contributed by atoms with van der Waals surface area (Å²) in [7, 11) is -1.71. The molecule has 2 aromatic rings.